The Morgan fingerprint density at radius 1 is 1.14 bits per heavy atom. The highest BCUT2D eigenvalue weighted by Gasteiger charge is 2.56. The summed E-state index contributed by atoms with van der Waals surface area (Å²) in [5.41, 5.74) is 1.57. The molecular weight excluding hydrogens is 384 g/mol. The molecule has 0 radical (unpaired) electrons. The molecule has 0 aromatic heterocycles. The van der Waals surface area contributed by atoms with Crippen molar-refractivity contribution in [3.05, 3.63) is 64.7 Å². The summed E-state index contributed by atoms with van der Waals surface area (Å²) in [7, 11) is 0. The Bertz CT molecular complexity index is 1000. The predicted molar refractivity (Wildman–Crippen MR) is 101 cm³/mol. The van der Waals surface area contributed by atoms with Gasteiger partial charge in [-0.2, -0.15) is 0 Å². The molecule has 0 saturated carbocycles. The molecule has 2 atom stereocenters. The minimum absolute atomic E-state index is 0.258. The van der Waals surface area contributed by atoms with E-state index < -0.39 is 29.8 Å². The van der Waals surface area contributed by atoms with Crippen molar-refractivity contribution in [2.24, 2.45) is 11.1 Å². The number of nitrogens with zero attached hydrogens (tertiary/aromatic N) is 2. The summed E-state index contributed by atoms with van der Waals surface area (Å²) >= 11 is 6.21. The van der Waals surface area contributed by atoms with Gasteiger partial charge in [-0.1, -0.05) is 35.0 Å². The summed E-state index contributed by atoms with van der Waals surface area (Å²) in [5, 5.41) is 4.36. The first-order valence-electron chi connectivity index (χ1n) is 8.66. The van der Waals surface area contributed by atoms with Crippen molar-refractivity contribution in [1.29, 1.82) is 0 Å². The monoisotopic (exact) mass is 398 g/mol. The fourth-order valence-electron chi connectivity index (χ4n) is 3.28. The van der Waals surface area contributed by atoms with Gasteiger partial charge in [-0.05, 0) is 37.3 Å². The molecule has 2 aliphatic rings. The largest absolute Gasteiger partial charge is 0.462 e. The first-order valence-corrected chi connectivity index (χ1v) is 9.04. The number of carbonyl (C=O) groups excluding carboxylic acids is 3. The number of hydrogen-bond acceptors (Lipinski definition) is 6. The number of hydrogen-bond donors (Lipinski definition) is 0. The van der Waals surface area contributed by atoms with E-state index in [0.29, 0.717) is 27.5 Å². The average Bonchev–Trinajstić information content (AvgIpc) is 3.23. The van der Waals surface area contributed by atoms with Crippen LogP contribution < -0.4 is 4.90 Å². The highest BCUT2D eigenvalue weighted by atomic mass is 35.5. The molecule has 2 aromatic rings. The number of oxime groups is 1. The summed E-state index contributed by atoms with van der Waals surface area (Å²) < 4.78 is 4.94. The third kappa shape index (κ3) is 2.84. The molecule has 4 rings (SSSR count). The molecule has 28 heavy (non-hydrogen) atoms. The van der Waals surface area contributed by atoms with Crippen LogP contribution in [-0.4, -0.2) is 36.2 Å². The van der Waals surface area contributed by atoms with Gasteiger partial charge >= 0.3 is 5.97 Å². The SMILES string of the molecule is CCOC(=O)c1ccc(N2C(=O)[C@@H]3C(c4ccccc4Cl)=NO[C@@H]3C2=O)cc1. The number of ether oxygens (including phenoxy) is 1. The van der Waals surface area contributed by atoms with Crippen LogP contribution in [-0.2, 0) is 19.2 Å². The van der Waals surface area contributed by atoms with Crippen molar-refractivity contribution in [2.45, 2.75) is 13.0 Å². The van der Waals surface area contributed by atoms with E-state index in [4.69, 9.17) is 21.2 Å². The van der Waals surface area contributed by atoms with Gasteiger partial charge in [0.2, 0.25) is 12.0 Å². The molecule has 8 heteroatoms. The van der Waals surface area contributed by atoms with Gasteiger partial charge in [-0.25, -0.2) is 9.69 Å². The summed E-state index contributed by atoms with van der Waals surface area (Å²) in [6.45, 7) is 1.97. The van der Waals surface area contributed by atoms with Crippen LogP contribution in [0.4, 0.5) is 5.69 Å². The van der Waals surface area contributed by atoms with E-state index in [-0.39, 0.29) is 6.61 Å². The number of anilines is 1. The number of carbonyl (C=O) groups is 3. The second-order valence-corrected chi connectivity index (χ2v) is 6.65. The van der Waals surface area contributed by atoms with E-state index >= 15 is 0 Å². The molecule has 2 heterocycles. The summed E-state index contributed by atoms with van der Waals surface area (Å²) in [6.07, 6.45) is -1.02. The van der Waals surface area contributed by atoms with Gasteiger partial charge in [0, 0.05) is 10.6 Å². The Kier molecular flexibility index (Phi) is 4.60. The first kappa shape index (κ1) is 18.2. The van der Waals surface area contributed by atoms with E-state index in [1.54, 1.807) is 31.2 Å². The first-order chi connectivity index (χ1) is 13.5. The molecule has 1 saturated heterocycles. The number of halogens is 1. The lowest BCUT2D eigenvalue weighted by atomic mass is 9.94. The Balaban J connectivity index is 1.63. The number of esters is 1. The zero-order chi connectivity index (χ0) is 19.8. The molecular formula is C20H15ClN2O5. The topological polar surface area (TPSA) is 85.3 Å². The normalized spacial score (nSPS) is 20.6. The van der Waals surface area contributed by atoms with E-state index in [1.807, 2.05) is 0 Å². The van der Waals surface area contributed by atoms with E-state index in [2.05, 4.69) is 5.16 Å². The van der Waals surface area contributed by atoms with E-state index in [9.17, 15) is 14.4 Å². The van der Waals surface area contributed by atoms with Gasteiger partial charge < -0.3 is 9.57 Å². The standard InChI is InChI=1S/C20H15ClN2O5/c1-2-27-20(26)11-7-9-12(10-8-11)23-18(24)15-16(22-28-17(15)19(23)25)13-5-3-4-6-14(13)21/h3-10,15,17H,2H2,1H3/t15-,17+/m1/s1. The molecule has 7 nitrogen and oxygen atoms in total. The molecule has 0 N–H and O–H groups in total. The fourth-order valence-corrected chi connectivity index (χ4v) is 3.52. The lowest BCUT2D eigenvalue weighted by molar-refractivity contribution is -0.126. The molecule has 0 spiro atoms. The Morgan fingerprint density at radius 2 is 1.86 bits per heavy atom. The zero-order valence-electron chi connectivity index (χ0n) is 14.8. The second-order valence-electron chi connectivity index (χ2n) is 6.24. The minimum atomic E-state index is -1.02. The predicted octanol–water partition coefficient (Wildman–Crippen LogP) is 2.81. The molecule has 2 aliphatic heterocycles. The highest BCUT2D eigenvalue weighted by molar-refractivity contribution is 6.38. The maximum absolute atomic E-state index is 13.0. The quantitative estimate of drug-likeness (QED) is 0.584. The fraction of sp³-hybridized carbons (Fsp3) is 0.200. The van der Waals surface area contributed by atoms with Crippen LogP contribution >= 0.6 is 11.6 Å². The third-order valence-electron chi connectivity index (χ3n) is 4.60. The van der Waals surface area contributed by atoms with Crippen LogP contribution in [0.15, 0.2) is 53.7 Å². The van der Waals surface area contributed by atoms with Crippen LogP contribution in [0.2, 0.25) is 5.02 Å². The van der Waals surface area contributed by atoms with Crippen molar-refractivity contribution in [3.63, 3.8) is 0 Å². The van der Waals surface area contributed by atoms with Crippen molar-refractivity contribution in [2.75, 3.05) is 11.5 Å². The molecule has 1 fully saturated rings. The second kappa shape index (κ2) is 7.09. The highest BCUT2D eigenvalue weighted by Crippen LogP contribution is 2.36. The van der Waals surface area contributed by atoms with Crippen molar-refractivity contribution in [3.8, 4) is 0 Å². The van der Waals surface area contributed by atoms with Gasteiger partial charge in [-0.3, -0.25) is 9.59 Å². The number of fused-ring (bicyclic) bond motifs is 1. The molecule has 0 bridgehead atoms. The van der Waals surface area contributed by atoms with Gasteiger partial charge in [-0.15, -0.1) is 0 Å². The Morgan fingerprint density at radius 3 is 2.54 bits per heavy atom. The lowest BCUT2D eigenvalue weighted by Crippen LogP contribution is -2.33. The number of imide groups is 1. The smallest absolute Gasteiger partial charge is 0.338 e. The lowest BCUT2D eigenvalue weighted by Gasteiger charge is -2.16. The van der Waals surface area contributed by atoms with E-state index in [0.717, 1.165) is 4.90 Å². The maximum Gasteiger partial charge on any atom is 0.338 e. The van der Waals surface area contributed by atoms with Crippen LogP contribution in [0, 0.1) is 5.92 Å². The Hall–Kier alpha value is -3.19. The van der Waals surface area contributed by atoms with Crippen LogP contribution in [0.3, 0.4) is 0 Å². The maximum atomic E-state index is 13.0. The molecule has 2 amide bonds. The molecule has 142 valence electrons. The number of amides is 2. The zero-order valence-corrected chi connectivity index (χ0v) is 15.6. The van der Waals surface area contributed by atoms with Gasteiger partial charge in [0.25, 0.3) is 5.91 Å². The minimum Gasteiger partial charge on any atom is -0.462 e. The van der Waals surface area contributed by atoms with Crippen LogP contribution in [0.25, 0.3) is 0 Å². The van der Waals surface area contributed by atoms with Crippen LogP contribution in [0.1, 0.15) is 22.8 Å². The van der Waals surface area contributed by atoms with Crippen molar-refractivity contribution in [1.82, 2.24) is 0 Å². The third-order valence-corrected chi connectivity index (χ3v) is 4.93. The summed E-state index contributed by atoms with van der Waals surface area (Å²) in [6, 6.07) is 13.0. The van der Waals surface area contributed by atoms with Crippen LogP contribution in [0.5, 0.6) is 0 Å². The van der Waals surface area contributed by atoms with Gasteiger partial charge in [0.05, 0.1) is 17.9 Å². The summed E-state index contributed by atoms with van der Waals surface area (Å²) in [5.74, 6) is -2.29. The number of benzene rings is 2. The molecule has 2 aromatic carbocycles. The van der Waals surface area contributed by atoms with Gasteiger partial charge in [0.1, 0.15) is 11.6 Å². The molecule has 0 unspecified atom stereocenters. The Labute approximate surface area is 165 Å². The van der Waals surface area contributed by atoms with Gasteiger partial charge in [0.15, 0.2) is 0 Å². The van der Waals surface area contributed by atoms with E-state index in [1.165, 1.54) is 24.3 Å². The average molecular weight is 399 g/mol. The van der Waals surface area contributed by atoms with Crippen molar-refractivity contribution < 1.29 is 24.0 Å². The van der Waals surface area contributed by atoms with Crippen molar-refractivity contribution >= 4 is 40.8 Å². The number of rotatable bonds is 4. The molecule has 0 aliphatic carbocycles. The summed E-state index contributed by atoms with van der Waals surface area (Å²) in [4.78, 5) is 43.9.